The van der Waals surface area contributed by atoms with Gasteiger partial charge in [-0.25, -0.2) is 0 Å². The number of quaternary nitrogens is 1. The van der Waals surface area contributed by atoms with Gasteiger partial charge in [0.2, 0.25) is 0 Å². The molecule has 0 saturated heterocycles. The Morgan fingerprint density at radius 1 is 0.927 bits per heavy atom. The van der Waals surface area contributed by atoms with Crippen molar-refractivity contribution in [3.63, 3.8) is 0 Å². The highest BCUT2D eigenvalue weighted by Gasteiger charge is 2.56. The lowest BCUT2D eigenvalue weighted by molar-refractivity contribution is -0.924. The van der Waals surface area contributed by atoms with Crippen LogP contribution in [0.1, 0.15) is 60.8 Å². The third-order valence-electron chi connectivity index (χ3n) is 11.1. The Hall–Kier alpha value is -2.78. The van der Waals surface area contributed by atoms with E-state index in [1.54, 1.807) is 19.1 Å². The van der Waals surface area contributed by atoms with Gasteiger partial charge in [-0.15, -0.1) is 0 Å². The Morgan fingerprint density at radius 2 is 1.68 bits per heavy atom. The lowest BCUT2D eigenvalue weighted by Gasteiger charge is -2.40. The molecule has 0 radical (unpaired) electrons. The predicted octanol–water partition coefficient (Wildman–Crippen LogP) is 2.22. The fraction of sp³-hybridized carbons (Fsp3) is 0.576. The van der Waals surface area contributed by atoms with Crippen molar-refractivity contribution >= 4 is 0 Å². The van der Waals surface area contributed by atoms with Crippen molar-refractivity contribution in [2.24, 2.45) is 0 Å². The maximum Gasteiger partial charge on any atom is 0.166 e. The van der Waals surface area contributed by atoms with Crippen LogP contribution >= 0.6 is 0 Å². The van der Waals surface area contributed by atoms with Gasteiger partial charge in [0.15, 0.2) is 23.0 Å². The molecular formula is C33H41N2O6+. The molecule has 8 rings (SSSR count). The molecule has 0 aromatic heterocycles. The maximum atomic E-state index is 10.5. The van der Waals surface area contributed by atoms with Crippen molar-refractivity contribution < 1.29 is 34.1 Å². The monoisotopic (exact) mass is 561 g/mol. The Morgan fingerprint density at radius 3 is 2.49 bits per heavy atom. The molecule has 8 nitrogen and oxygen atoms in total. The van der Waals surface area contributed by atoms with Crippen molar-refractivity contribution in [3.05, 3.63) is 58.7 Å². The molecule has 2 aromatic carbocycles. The molecule has 2 spiro atoms. The third-order valence-corrected chi connectivity index (χ3v) is 11.1. The van der Waals surface area contributed by atoms with Gasteiger partial charge in [-0.1, -0.05) is 18.2 Å². The molecule has 0 amide bonds. The molecule has 2 aromatic rings. The van der Waals surface area contributed by atoms with Crippen LogP contribution in [-0.4, -0.2) is 73.5 Å². The number of hydrogen-bond donors (Lipinski definition) is 3. The summed E-state index contributed by atoms with van der Waals surface area (Å²) >= 11 is 0. The molecule has 2 aliphatic carbocycles. The first kappa shape index (κ1) is 25.9. The van der Waals surface area contributed by atoms with Crippen LogP contribution in [0.4, 0.5) is 0 Å². The van der Waals surface area contributed by atoms with Crippen LogP contribution in [0.15, 0.2) is 36.4 Å². The van der Waals surface area contributed by atoms with Crippen LogP contribution in [0.5, 0.6) is 23.0 Å². The molecule has 1 fully saturated rings. The summed E-state index contributed by atoms with van der Waals surface area (Å²) in [5.41, 5.74) is 5.01. The molecular weight excluding hydrogens is 520 g/mol. The standard InChI is InChI=1S/C33H40N2O6/c1-38-24-5-3-20-17-34(13-11-32-9-7-22(36)15-26(32)40-30(24)28(20)32)19-35-14-12-33-10-8-23(37)16-27(33)41-31-25(39-2)6-4-21(18-35)29(31)33/h3-7,9,22-23,26-27,36-37H,8,10-19H2,1-2H3/p+1/t22-,23-,26-,27-,32-,33-/m0/s1. The van der Waals surface area contributed by atoms with Crippen LogP contribution in [-0.2, 0) is 23.9 Å². The van der Waals surface area contributed by atoms with Gasteiger partial charge in [0.1, 0.15) is 25.4 Å². The van der Waals surface area contributed by atoms with E-state index in [0.29, 0.717) is 12.8 Å². The van der Waals surface area contributed by atoms with E-state index < -0.39 is 6.10 Å². The number of hydrogen-bond acceptors (Lipinski definition) is 7. The second-order valence-electron chi connectivity index (χ2n) is 13.1. The van der Waals surface area contributed by atoms with Gasteiger partial charge in [-0.3, -0.25) is 4.90 Å². The summed E-state index contributed by atoms with van der Waals surface area (Å²) in [6.07, 6.45) is 8.45. The van der Waals surface area contributed by atoms with E-state index in [1.807, 2.05) is 12.1 Å². The largest absolute Gasteiger partial charge is 0.493 e. The summed E-state index contributed by atoms with van der Waals surface area (Å²) in [6, 6.07) is 8.58. The summed E-state index contributed by atoms with van der Waals surface area (Å²) in [6.45, 7) is 4.80. The van der Waals surface area contributed by atoms with Crippen molar-refractivity contribution in [2.75, 3.05) is 34.0 Å². The summed E-state index contributed by atoms with van der Waals surface area (Å²) in [7, 11) is 3.42. The second kappa shape index (κ2) is 9.36. The van der Waals surface area contributed by atoms with E-state index in [1.165, 1.54) is 22.3 Å². The smallest absolute Gasteiger partial charge is 0.166 e. The van der Waals surface area contributed by atoms with Gasteiger partial charge < -0.3 is 34.1 Å². The normalized spacial score (nSPS) is 36.5. The zero-order chi connectivity index (χ0) is 27.9. The molecule has 0 bridgehead atoms. The molecule has 4 aliphatic heterocycles. The van der Waals surface area contributed by atoms with Crippen LogP contribution in [0.25, 0.3) is 0 Å². The number of nitrogens with zero attached hydrogens (tertiary/aromatic N) is 1. The van der Waals surface area contributed by atoms with Crippen molar-refractivity contribution in [1.82, 2.24) is 4.90 Å². The summed E-state index contributed by atoms with van der Waals surface area (Å²) in [5, 5.41) is 21.0. The number of methoxy groups -OCH3 is 2. The highest BCUT2D eigenvalue weighted by molar-refractivity contribution is 5.61. The van der Waals surface area contributed by atoms with Crippen LogP contribution in [0, 0.1) is 0 Å². The Labute approximate surface area is 241 Å². The predicted molar refractivity (Wildman–Crippen MR) is 152 cm³/mol. The third kappa shape index (κ3) is 3.73. The van der Waals surface area contributed by atoms with E-state index >= 15 is 0 Å². The molecule has 218 valence electrons. The number of nitrogens with one attached hydrogen (secondary N) is 1. The van der Waals surface area contributed by atoms with Gasteiger partial charge in [0, 0.05) is 54.5 Å². The minimum absolute atomic E-state index is 0.00477. The zero-order valence-corrected chi connectivity index (χ0v) is 24.0. The van der Waals surface area contributed by atoms with Gasteiger partial charge in [-0.05, 0) is 43.0 Å². The minimum Gasteiger partial charge on any atom is -0.493 e. The molecule has 41 heavy (non-hydrogen) atoms. The van der Waals surface area contributed by atoms with E-state index in [4.69, 9.17) is 18.9 Å². The summed E-state index contributed by atoms with van der Waals surface area (Å²) in [4.78, 5) is 4.18. The molecule has 1 saturated carbocycles. The first-order valence-corrected chi connectivity index (χ1v) is 15.3. The summed E-state index contributed by atoms with van der Waals surface area (Å²) < 4.78 is 24.6. The number of ether oxygens (including phenoxy) is 4. The summed E-state index contributed by atoms with van der Waals surface area (Å²) in [5.74, 6) is 3.37. The maximum absolute atomic E-state index is 10.5. The number of benzene rings is 2. The molecule has 4 heterocycles. The fourth-order valence-corrected chi connectivity index (χ4v) is 9.09. The lowest BCUT2D eigenvalue weighted by Crippen LogP contribution is -3.12. The molecule has 6 aliphatic rings. The van der Waals surface area contributed by atoms with Crippen LogP contribution < -0.4 is 23.8 Å². The van der Waals surface area contributed by atoms with Gasteiger partial charge in [0.05, 0.1) is 38.4 Å². The molecule has 1 unspecified atom stereocenters. The van der Waals surface area contributed by atoms with Gasteiger partial charge in [-0.2, -0.15) is 0 Å². The van der Waals surface area contributed by atoms with Gasteiger partial charge in [0.25, 0.3) is 0 Å². The highest BCUT2D eigenvalue weighted by Crippen LogP contribution is 2.58. The zero-order valence-electron chi connectivity index (χ0n) is 24.0. The second-order valence-corrected chi connectivity index (χ2v) is 13.1. The van der Waals surface area contributed by atoms with Crippen molar-refractivity contribution in [3.8, 4) is 23.0 Å². The average Bonchev–Trinajstić information content (AvgIpc) is 3.36. The Kier molecular flexibility index (Phi) is 5.91. The Balaban J connectivity index is 1.11. The number of aliphatic hydroxyl groups excluding tert-OH is 2. The molecule has 7 atom stereocenters. The quantitative estimate of drug-likeness (QED) is 0.494. The first-order valence-electron chi connectivity index (χ1n) is 15.3. The van der Waals surface area contributed by atoms with Gasteiger partial charge >= 0.3 is 0 Å². The lowest BCUT2D eigenvalue weighted by atomic mass is 9.65. The SMILES string of the molecule is COc1ccc2c3c1O[C@H]1C[C@@H](O)CC[C@@]31CCN(C[NH+]1CC[C@@]34C=C[C@H](O)C[C@@H]3Oc3c(OC)ccc(c34)C1)C2. The number of aliphatic hydroxyl groups is 2. The van der Waals surface area contributed by atoms with E-state index in [9.17, 15) is 10.2 Å². The average molecular weight is 562 g/mol. The van der Waals surface area contributed by atoms with E-state index in [-0.39, 0.29) is 29.1 Å². The molecule has 3 N–H and O–H groups in total. The highest BCUT2D eigenvalue weighted by atomic mass is 16.5. The van der Waals surface area contributed by atoms with Crippen LogP contribution in [0.3, 0.4) is 0 Å². The van der Waals surface area contributed by atoms with E-state index in [2.05, 4.69) is 29.2 Å². The van der Waals surface area contributed by atoms with Crippen molar-refractivity contribution in [2.45, 2.75) is 86.9 Å². The topological polar surface area (TPSA) is 85.1 Å². The van der Waals surface area contributed by atoms with E-state index in [0.717, 1.165) is 81.5 Å². The minimum atomic E-state index is -0.471. The van der Waals surface area contributed by atoms with Crippen molar-refractivity contribution in [1.29, 1.82) is 0 Å². The first-order chi connectivity index (χ1) is 19.9. The Bertz CT molecular complexity index is 1410. The number of rotatable bonds is 4. The van der Waals surface area contributed by atoms with Crippen LogP contribution in [0.2, 0.25) is 0 Å². The fourth-order valence-electron chi connectivity index (χ4n) is 9.09. The molecule has 8 heteroatoms.